The zero-order valence-corrected chi connectivity index (χ0v) is 12.5. The quantitative estimate of drug-likeness (QED) is 0.750. The van der Waals surface area contributed by atoms with Crippen molar-refractivity contribution in [2.75, 3.05) is 0 Å². The molecule has 114 valence electrons. The Bertz CT molecular complexity index is 888. The second-order valence-corrected chi connectivity index (χ2v) is 6.25. The van der Waals surface area contributed by atoms with Gasteiger partial charge in [-0.25, -0.2) is 4.98 Å². The predicted octanol–water partition coefficient (Wildman–Crippen LogP) is 2.54. The third-order valence-electron chi connectivity index (χ3n) is 5.13. The van der Waals surface area contributed by atoms with Crippen LogP contribution >= 0.6 is 0 Å². The van der Waals surface area contributed by atoms with E-state index >= 15 is 0 Å². The van der Waals surface area contributed by atoms with Crippen LogP contribution in [-0.4, -0.2) is 24.6 Å². The van der Waals surface area contributed by atoms with E-state index in [1.54, 1.807) is 12.4 Å². The molecule has 0 spiro atoms. The van der Waals surface area contributed by atoms with Crippen LogP contribution in [0.25, 0.3) is 11.3 Å². The van der Waals surface area contributed by atoms with Crippen LogP contribution in [0.3, 0.4) is 0 Å². The number of aliphatic hydroxyl groups is 1. The lowest BCUT2D eigenvalue weighted by Gasteiger charge is -2.33. The van der Waals surface area contributed by atoms with Crippen LogP contribution in [0, 0.1) is 5.92 Å². The average molecular weight is 304 g/mol. The van der Waals surface area contributed by atoms with E-state index in [2.05, 4.69) is 43.8 Å². The summed E-state index contributed by atoms with van der Waals surface area (Å²) in [6.45, 7) is 0. The maximum atomic E-state index is 10.9. The Hall–Kier alpha value is -2.53. The first kappa shape index (κ1) is 13.0. The molecule has 2 aliphatic rings. The lowest BCUT2D eigenvalue weighted by molar-refractivity contribution is 0.0669. The van der Waals surface area contributed by atoms with Crippen molar-refractivity contribution in [1.82, 2.24) is 19.5 Å². The van der Waals surface area contributed by atoms with Crippen LogP contribution < -0.4 is 0 Å². The van der Waals surface area contributed by atoms with E-state index in [1.165, 1.54) is 11.1 Å². The Labute approximate surface area is 133 Å². The molecule has 1 unspecified atom stereocenters. The molecule has 5 heteroatoms. The highest BCUT2D eigenvalue weighted by Crippen LogP contribution is 2.49. The predicted molar refractivity (Wildman–Crippen MR) is 84.6 cm³/mol. The fourth-order valence-electron chi connectivity index (χ4n) is 4.12. The van der Waals surface area contributed by atoms with Crippen LogP contribution in [0.1, 0.15) is 35.5 Å². The van der Waals surface area contributed by atoms with E-state index in [0.29, 0.717) is 0 Å². The number of benzene rings is 1. The van der Waals surface area contributed by atoms with Crippen molar-refractivity contribution >= 4 is 0 Å². The number of hydrogen-bond acceptors (Lipinski definition) is 4. The van der Waals surface area contributed by atoms with Gasteiger partial charge in [0.05, 0.1) is 35.6 Å². The number of aromatic nitrogens is 4. The molecule has 1 aromatic carbocycles. The van der Waals surface area contributed by atoms with Crippen molar-refractivity contribution in [3.63, 3.8) is 0 Å². The molecule has 3 atom stereocenters. The first-order valence-electron chi connectivity index (χ1n) is 7.93. The fourth-order valence-corrected chi connectivity index (χ4v) is 4.12. The zero-order valence-electron chi connectivity index (χ0n) is 12.5. The molecule has 5 rings (SSSR count). The van der Waals surface area contributed by atoms with E-state index in [9.17, 15) is 5.11 Å². The highest BCUT2D eigenvalue weighted by atomic mass is 16.3. The second kappa shape index (κ2) is 4.73. The molecule has 1 N–H and O–H groups in total. The molecule has 1 aliphatic carbocycles. The third kappa shape index (κ3) is 1.74. The summed E-state index contributed by atoms with van der Waals surface area (Å²) >= 11 is 0. The molecule has 0 fully saturated rings. The summed E-state index contributed by atoms with van der Waals surface area (Å²) < 4.78 is 2.19. The van der Waals surface area contributed by atoms with Gasteiger partial charge < -0.3 is 9.67 Å². The van der Waals surface area contributed by atoms with Crippen LogP contribution in [0.15, 0.2) is 49.2 Å². The molecule has 0 bridgehead atoms. The van der Waals surface area contributed by atoms with E-state index in [4.69, 9.17) is 0 Å². The smallest absolute Gasteiger partial charge is 0.103 e. The molecule has 3 aromatic rings. The Morgan fingerprint density at radius 3 is 2.96 bits per heavy atom. The molecule has 0 saturated heterocycles. The maximum Gasteiger partial charge on any atom is 0.103 e. The van der Waals surface area contributed by atoms with E-state index < -0.39 is 6.10 Å². The molecule has 0 radical (unpaired) electrons. The summed E-state index contributed by atoms with van der Waals surface area (Å²) in [5.41, 5.74) is 5.26. The summed E-state index contributed by atoms with van der Waals surface area (Å²) in [6, 6.07) is 8.51. The summed E-state index contributed by atoms with van der Waals surface area (Å²) in [5, 5.41) is 10.9. The van der Waals surface area contributed by atoms with Crippen molar-refractivity contribution < 1.29 is 5.11 Å². The summed E-state index contributed by atoms with van der Waals surface area (Å²) in [6.07, 6.45) is 8.29. The SMILES string of the molecule is O[C@H]1c2nccnc2CC[C@@H]1C1c2ccccc2-c2cncn21. The van der Waals surface area contributed by atoms with Gasteiger partial charge in [-0.15, -0.1) is 0 Å². The zero-order chi connectivity index (χ0) is 15.4. The van der Waals surface area contributed by atoms with Gasteiger partial charge in [0.25, 0.3) is 0 Å². The molecule has 1 aliphatic heterocycles. The largest absolute Gasteiger partial charge is 0.386 e. The van der Waals surface area contributed by atoms with Crippen LogP contribution in [-0.2, 0) is 6.42 Å². The Morgan fingerprint density at radius 2 is 2.00 bits per heavy atom. The summed E-state index contributed by atoms with van der Waals surface area (Å²) in [7, 11) is 0. The third-order valence-corrected chi connectivity index (χ3v) is 5.13. The molecule has 2 aromatic heterocycles. The lowest BCUT2D eigenvalue weighted by Crippen LogP contribution is -2.29. The highest BCUT2D eigenvalue weighted by Gasteiger charge is 2.41. The summed E-state index contributed by atoms with van der Waals surface area (Å²) in [4.78, 5) is 13.1. The highest BCUT2D eigenvalue weighted by molar-refractivity contribution is 5.69. The summed E-state index contributed by atoms with van der Waals surface area (Å²) in [5.74, 6) is 0.0794. The molecule has 0 amide bonds. The minimum absolute atomic E-state index is 0.0794. The Kier molecular flexibility index (Phi) is 2.67. The Balaban J connectivity index is 1.64. The van der Waals surface area contributed by atoms with Gasteiger partial charge in [0.1, 0.15) is 6.10 Å². The topological polar surface area (TPSA) is 63.8 Å². The number of fused-ring (bicyclic) bond motifs is 4. The molecule has 23 heavy (non-hydrogen) atoms. The first-order valence-corrected chi connectivity index (χ1v) is 7.93. The number of rotatable bonds is 1. The molecular formula is C18H16N4O. The number of hydrogen-bond donors (Lipinski definition) is 1. The van der Waals surface area contributed by atoms with Crippen LogP contribution in [0.2, 0.25) is 0 Å². The fraction of sp³-hybridized carbons (Fsp3) is 0.278. The average Bonchev–Trinajstić information content (AvgIpc) is 3.17. The lowest BCUT2D eigenvalue weighted by atomic mass is 9.79. The van der Waals surface area contributed by atoms with Crippen LogP contribution in [0.5, 0.6) is 0 Å². The number of aryl methyl sites for hydroxylation is 1. The van der Waals surface area contributed by atoms with Crippen molar-refractivity contribution in [1.29, 1.82) is 0 Å². The van der Waals surface area contributed by atoms with Gasteiger partial charge in [-0.3, -0.25) is 9.97 Å². The van der Waals surface area contributed by atoms with Gasteiger partial charge in [-0.1, -0.05) is 24.3 Å². The van der Waals surface area contributed by atoms with Gasteiger partial charge >= 0.3 is 0 Å². The second-order valence-electron chi connectivity index (χ2n) is 6.25. The molecule has 0 saturated carbocycles. The van der Waals surface area contributed by atoms with Gasteiger partial charge in [0.15, 0.2) is 0 Å². The van der Waals surface area contributed by atoms with E-state index in [1.807, 2.05) is 12.5 Å². The van der Waals surface area contributed by atoms with E-state index in [-0.39, 0.29) is 12.0 Å². The molecule has 3 heterocycles. The van der Waals surface area contributed by atoms with Gasteiger partial charge in [-0.2, -0.15) is 0 Å². The number of nitrogens with zero attached hydrogens (tertiary/aromatic N) is 4. The minimum Gasteiger partial charge on any atom is -0.386 e. The van der Waals surface area contributed by atoms with Crippen molar-refractivity contribution in [2.24, 2.45) is 5.92 Å². The number of aliphatic hydroxyl groups excluding tert-OH is 1. The van der Waals surface area contributed by atoms with Crippen molar-refractivity contribution in [3.8, 4) is 11.3 Å². The van der Waals surface area contributed by atoms with Gasteiger partial charge in [-0.05, 0) is 18.4 Å². The monoisotopic (exact) mass is 304 g/mol. The van der Waals surface area contributed by atoms with Gasteiger partial charge in [0.2, 0.25) is 0 Å². The minimum atomic E-state index is -0.598. The van der Waals surface area contributed by atoms with Crippen molar-refractivity contribution in [2.45, 2.75) is 25.0 Å². The van der Waals surface area contributed by atoms with Crippen LogP contribution in [0.4, 0.5) is 0 Å². The standard InChI is InChI=1S/C18H16N4O/c23-18-13(5-6-14-16(18)21-8-7-20-14)17-12-4-2-1-3-11(12)15-9-19-10-22(15)17/h1-4,7-10,13,17-18,23H,5-6H2/t13-,17?,18-/m1/s1. The first-order chi connectivity index (χ1) is 11.3. The normalized spacial score (nSPS) is 24.8. The number of imidazole rings is 1. The molecular weight excluding hydrogens is 288 g/mol. The van der Waals surface area contributed by atoms with E-state index in [0.717, 1.165) is 29.9 Å². The van der Waals surface area contributed by atoms with Crippen molar-refractivity contribution in [3.05, 3.63) is 66.1 Å². The maximum absolute atomic E-state index is 10.9. The Morgan fingerprint density at radius 1 is 1.13 bits per heavy atom. The molecule has 5 nitrogen and oxygen atoms in total. The van der Waals surface area contributed by atoms with Gasteiger partial charge in [0, 0.05) is 23.9 Å².